The second kappa shape index (κ2) is 5.94. The summed E-state index contributed by atoms with van der Waals surface area (Å²) in [6, 6.07) is 9.90. The molecular weight excluding hydrogens is 350 g/mol. The van der Waals surface area contributed by atoms with Crippen LogP contribution in [0.25, 0.3) is 10.9 Å². The van der Waals surface area contributed by atoms with Gasteiger partial charge in [0.15, 0.2) is 5.60 Å². The van der Waals surface area contributed by atoms with E-state index < -0.39 is 0 Å². The third kappa shape index (κ3) is 2.23. The Balaban J connectivity index is 1.24. The topological polar surface area (TPSA) is 48.6 Å². The van der Waals surface area contributed by atoms with E-state index in [0.29, 0.717) is 18.1 Å². The quantitative estimate of drug-likeness (QED) is 0.833. The number of benzene rings is 1. The second-order valence-electron chi connectivity index (χ2n) is 9.01. The number of likely N-dealkylation sites (N-methyl/N-ethyl adjacent to an activating group) is 1. The van der Waals surface area contributed by atoms with Gasteiger partial charge in [-0.25, -0.2) is 4.79 Å². The number of aromatic nitrogens is 1. The van der Waals surface area contributed by atoms with Crippen LogP contribution in [0.3, 0.4) is 0 Å². The minimum atomic E-state index is -0.299. The molecule has 6 rings (SSSR count). The van der Waals surface area contributed by atoms with Gasteiger partial charge in [-0.1, -0.05) is 18.2 Å². The number of rotatable bonds is 4. The summed E-state index contributed by atoms with van der Waals surface area (Å²) in [6.07, 6.45) is 9.32. The SMILES string of the molecule is CN(CCc1c[nH]c2ccccc12)[C@@H]1CC2=CC(=O)O[C@@]23C[C@@H]1N1CCC[C@@H]13. The zero-order valence-corrected chi connectivity index (χ0v) is 16.4. The summed E-state index contributed by atoms with van der Waals surface area (Å²) in [6.45, 7) is 2.17. The highest BCUT2D eigenvalue weighted by Crippen LogP contribution is 2.55. The fourth-order valence-corrected chi connectivity index (χ4v) is 6.45. The molecule has 1 aliphatic carbocycles. The van der Waals surface area contributed by atoms with Crippen LogP contribution in [-0.4, -0.2) is 64.6 Å². The maximum Gasteiger partial charge on any atom is 0.331 e. The third-order valence-corrected chi connectivity index (χ3v) is 7.74. The van der Waals surface area contributed by atoms with Crippen molar-refractivity contribution in [1.29, 1.82) is 0 Å². The normalized spacial score (nSPS) is 34.0. The maximum absolute atomic E-state index is 12.1. The standard InChI is InChI=1S/C23H27N3O2/c1-25(10-8-15-14-24-18-6-3-2-5-17(15)18)19-11-16-12-22(27)28-23(16)13-20(19)26-9-4-7-21(23)26/h2-3,5-6,12,14,19-21,24H,4,7-11,13H2,1H3/t19-,20+,21-,23+/m1/s1. The van der Waals surface area contributed by atoms with Crippen molar-refractivity contribution in [2.24, 2.45) is 0 Å². The molecule has 4 aliphatic rings. The van der Waals surface area contributed by atoms with Crippen molar-refractivity contribution in [1.82, 2.24) is 14.8 Å². The first-order chi connectivity index (χ1) is 13.7. The summed E-state index contributed by atoms with van der Waals surface area (Å²) in [7, 11) is 2.26. The molecule has 0 amide bonds. The molecule has 4 heterocycles. The Kier molecular flexibility index (Phi) is 3.57. The Hall–Kier alpha value is -2.11. The van der Waals surface area contributed by atoms with Gasteiger partial charge in [-0.3, -0.25) is 4.90 Å². The highest BCUT2D eigenvalue weighted by atomic mass is 16.6. The summed E-state index contributed by atoms with van der Waals surface area (Å²) >= 11 is 0. The molecule has 2 saturated heterocycles. The molecular formula is C23H27N3O2. The molecule has 1 aromatic heterocycles. The number of carbonyl (C=O) groups is 1. The highest BCUT2D eigenvalue weighted by molar-refractivity contribution is 5.87. The first kappa shape index (κ1) is 16.8. The summed E-state index contributed by atoms with van der Waals surface area (Å²) in [5.41, 5.74) is 3.56. The summed E-state index contributed by atoms with van der Waals surface area (Å²) in [5.74, 6) is -0.121. The minimum Gasteiger partial charge on any atom is -0.450 e. The van der Waals surface area contributed by atoms with E-state index >= 15 is 0 Å². The van der Waals surface area contributed by atoms with Gasteiger partial charge < -0.3 is 14.6 Å². The van der Waals surface area contributed by atoms with E-state index in [9.17, 15) is 4.79 Å². The van der Waals surface area contributed by atoms with E-state index in [4.69, 9.17) is 4.74 Å². The third-order valence-electron chi connectivity index (χ3n) is 7.74. The van der Waals surface area contributed by atoms with Gasteiger partial charge in [0.1, 0.15) is 0 Å². The van der Waals surface area contributed by atoms with Gasteiger partial charge in [-0.05, 0) is 56.5 Å². The molecule has 3 aliphatic heterocycles. The molecule has 2 bridgehead atoms. The van der Waals surface area contributed by atoms with Crippen molar-refractivity contribution in [2.45, 2.75) is 55.8 Å². The van der Waals surface area contributed by atoms with Crippen molar-refractivity contribution in [3.8, 4) is 0 Å². The number of ether oxygens (including phenoxy) is 1. The number of hydrogen-bond donors (Lipinski definition) is 1. The van der Waals surface area contributed by atoms with Gasteiger partial charge in [-0.15, -0.1) is 0 Å². The van der Waals surface area contributed by atoms with Gasteiger partial charge in [0.2, 0.25) is 0 Å². The van der Waals surface area contributed by atoms with Gasteiger partial charge in [0.25, 0.3) is 0 Å². The maximum atomic E-state index is 12.1. The molecule has 0 radical (unpaired) electrons. The molecule has 28 heavy (non-hydrogen) atoms. The van der Waals surface area contributed by atoms with Crippen molar-refractivity contribution in [2.75, 3.05) is 20.1 Å². The first-order valence-electron chi connectivity index (χ1n) is 10.6. The highest BCUT2D eigenvalue weighted by Gasteiger charge is 2.64. The molecule has 1 saturated carbocycles. The lowest BCUT2D eigenvalue weighted by molar-refractivity contribution is -0.147. The first-order valence-corrected chi connectivity index (χ1v) is 10.6. The molecule has 5 nitrogen and oxygen atoms in total. The van der Waals surface area contributed by atoms with Crippen LogP contribution in [0, 0.1) is 0 Å². The number of nitrogens with one attached hydrogen (secondary N) is 1. The van der Waals surface area contributed by atoms with E-state index in [1.54, 1.807) is 6.08 Å². The Morgan fingerprint density at radius 2 is 2.25 bits per heavy atom. The van der Waals surface area contributed by atoms with Crippen molar-refractivity contribution < 1.29 is 9.53 Å². The predicted molar refractivity (Wildman–Crippen MR) is 108 cm³/mol. The lowest BCUT2D eigenvalue weighted by Crippen LogP contribution is -2.50. The van der Waals surface area contributed by atoms with Crippen LogP contribution in [0.5, 0.6) is 0 Å². The van der Waals surface area contributed by atoms with Crippen molar-refractivity contribution in [3.05, 3.63) is 47.7 Å². The lowest BCUT2D eigenvalue weighted by atomic mass is 9.75. The van der Waals surface area contributed by atoms with E-state index in [1.165, 1.54) is 28.5 Å². The summed E-state index contributed by atoms with van der Waals surface area (Å²) in [5, 5.41) is 1.33. The van der Waals surface area contributed by atoms with E-state index in [2.05, 4.69) is 52.3 Å². The number of hydrogen-bond acceptors (Lipinski definition) is 4. The molecule has 0 unspecified atom stereocenters. The van der Waals surface area contributed by atoms with E-state index in [-0.39, 0.29) is 11.6 Å². The Morgan fingerprint density at radius 3 is 3.18 bits per heavy atom. The van der Waals surface area contributed by atoms with Crippen LogP contribution in [0.1, 0.15) is 31.2 Å². The fourth-order valence-electron chi connectivity index (χ4n) is 6.45. The van der Waals surface area contributed by atoms with Gasteiger partial charge in [-0.2, -0.15) is 0 Å². The Bertz CT molecular complexity index is 979. The van der Waals surface area contributed by atoms with E-state index in [0.717, 1.165) is 38.8 Å². The van der Waals surface area contributed by atoms with Crippen LogP contribution < -0.4 is 0 Å². The van der Waals surface area contributed by atoms with Crippen LogP contribution in [0.15, 0.2) is 42.1 Å². The molecule has 1 spiro atoms. The summed E-state index contributed by atoms with van der Waals surface area (Å²) in [4.78, 5) is 20.7. The number of esters is 1. The van der Waals surface area contributed by atoms with Crippen LogP contribution >= 0.6 is 0 Å². The summed E-state index contributed by atoms with van der Waals surface area (Å²) < 4.78 is 5.96. The Morgan fingerprint density at radius 1 is 1.36 bits per heavy atom. The average molecular weight is 377 g/mol. The van der Waals surface area contributed by atoms with Gasteiger partial charge in [0.05, 0.1) is 6.04 Å². The number of H-pyrrole nitrogens is 1. The van der Waals surface area contributed by atoms with Gasteiger partial charge in [0, 0.05) is 48.2 Å². The van der Waals surface area contributed by atoms with Crippen molar-refractivity contribution >= 4 is 16.9 Å². The zero-order valence-electron chi connectivity index (χ0n) is 16.4. The monoisotopic (exact) mass is 377 g/mol. The van der Waals surface area contributed by atoms with Crippen LogP contribution in [0.4, 0.5) is 0 Å². The molecule has 1 N–H and O–H groups in total. The number of carbonyl (C=O) groups excluding carboxylic acids is 1. The Labute approximate surface area is 165 Å². The van der Waals surface area contributed by atoms with Gasteiger partial charge >= 0.3 is 5.97 Å². The fraction of sp³-hybridized carbons (Fsp3) is 0.522. The molecule has 3 fully saturated rings. The zero-order chi connectivity index (χ0) is 18.9. The number of fused-ring (bicyclic) bond motifs is 4. The minimum absolute atomic E-state index is 0.121. The molecule has 146 valence electrons. The second-order valence-corrected chi connectivity index (χ2v) is 9.01. The van der Waals surface area contributed by atoms with Crippen molar-refractivity contribution in [3.63, 3.8) is 0 Å². The van der Waals surface area contributed by atoms with E-state index in [1.807, 2.05) is 0 Å². The molecule has 2 aromatic rings. The lowest BCUT2D eigenvalue weighted by Gasteiger charge is -2.41. The number of aromatic amines is 1. The van der Waals surface area contributed by atoms with Crippen LogP contribution in [0.2, 0.25) is 0 Å². The largest absolute Gasteiger partial charge is 0.450 e. The smallest absolute Gasteiger partial charge is 0.331 e. The number of para-hydroxylation sites is 1. The average Bonchev–Trinajstić information content (AvgIpc) is 3.44. The molecule has 5 heteroatoms. The predicted octanol–water partition coefficient (Wildman–Crippen LogP) is 2.87. The molecule has 4 atom stereocenters. The number of nitrogens with zero attached hydrogens (tertiary/aromatic N) is 2. The molecule has 1 aromatic carbocycles. The van der Waals surface area contributed by atoms with Crippen LogP contribution in [-0.2, 0) is 16.0 Å².